The Morgan fingerprint density at radius 3 is 2.67 bits per heavy atom. The van der Waals surface area contributed by atoms with E-state index in [4.69, 9.17) is 0 Å². The summed E-state index contributed by atoms with van der Waals surface area (Å²) in [5, 5.41) is 3.45. The van der Waals surface area contributed by atoms with Gasteiger partial charge >= 0.3 is 0 Å². The molecule has 1 fully saturated rings. The normalized spacial score (nSPS) is 20.6. The first kappa shape index (κ1) is 14.3. The van der Waals surface area contributed by atoms with E-state index in [1.807, 2.05) is 0 Å². The molecule has 18 heavy (non-hydrogen) atoms. The Hall–Kier alpha value is -0.130. The van der Waals surface area contributed by atoms with Crippen LogP contribution < -0.4 is 5.32 Å². The minimum absolute atomic E-state index is 0.576. The topological polar surface area (TPSA) is 15.3 Å². The maximum absolute atomic E-state index is 3.45. The van der Waals surface area contributed by atoms with E-state index < -0.39 is 0 Å². The molecule has 1 aromatic rings. The van der Waals surface area contributed by atoms with E-state index in [2.05, 4.69) is 70.9 Å². The molecule has 0 spiro atoms. The molecule has 0 aromatic heterocycles. The van der Waals surface area contributed by atoms with Crippen LogP contribution in [0.15, 0.2) is 24.3 Å². The second kappa shape index (κ2) is 6.87. The summed E-state index contributed by atoms with van der Waals surface area (Å²) in [7, 11) is 0. The van der Waals surface area contributed by atoms with Gasteiger partial charge in [0.25, 0.3) is 0 Å². The van der Waals surface area contributed by atoms with E-state index >= 15 is 0 Å². The molecular weight excluding hydrogens is 335 g/mol. The molecular formula is C15H23IN2. The third kappa shape index (κ3) is 3.45. The highest BCUT2D eigenvalue weighted by atomic mass is 127. The molecule has 0 bridgehead atoms. The fourth-order valence-corrected chi connectivity index (χ4v) is 3.34. The van der Waals surface area contributed by atoms with Gasteiger partial charge in [-0.15, -0.1) is 0 Å². The van der Waals surface area contributed by atoms with Gasteiger partial charge in [-0.1, -0.05) is 32.4 Å². The molecule has 0 aliphatic carbocycles. The highest BCUT2D eigenvalue weighted by molar-refractivity contribution is 14.1. The van der Waals surface area contributed by atoms with Gasteiger partial charge in [-0.3, -0.25) is 4.90 Å². The van der Waals surface area contributed by atoms with Gasteiger partial charge in [-0.05, 0) is 46.2 Å². The first-order valence-corrected chi connectivity index (χ1v) is 8.00. The first-order chi connectivity index (χ1) is 8.72. The van der Waals surface area contributed by atoms with Crippen molar-refractivity contribution in [1.82, 2.24) is 10.2 Å². The van der Waals surface area contributed by atoms with Crippen LogP contribution in [0, 0.1) is 9.49 Å². The highest BCUT2D eigenvalue weighted by Gasteiger charge is 2.26. The zero-order valence-corrected chi connectivity index (χ0v) is 13.5. The molecule has 0 radical (unpaired) electrons. The lowest BCUT2D eigenvalue weighted by atomic mass is 9.90. The summed E-state index contributed by atoms with van der Waals surface area (Å²) in [6.07, 6.45) is 1.24. The number of piperazine rings is 1. The molecule has 0 saturated carbocycles. The number of hydrogen-bond donors (Lipinski definition) is 1. The smallest absolute Gasteiger partial charge is 0.0375 e. The van der Waals surface area contributed by atoms with Gasteiger partial charge in [0, 0.05) is 35.8 Å². The first-order valence-electron chi connectivity index (χ1n) is 6.92. The number of benzene rings is 1. The van der Waals surface area contributed by atoms with Crippen molar-refractivity contribution in [3.8, 4) is 0 Å². The van der Waals surface area contributed by atoms with Crippen molar-refractivity contribution >= 4 is 22.6 Å². The molecule has 1 aliphatic heterocycles. The average molecular weight is 358 g/mol. The molecule has 1 saturated heterocycles. The van der Waals surface area contributed by atoms with Crippen LogP contribution in [-0.2, 0) is 0 Å². The summed E-state index contributed by atoms with van der Waals surface area (Å²) in [6, 6.07) is 9.58. The molecule has 1 heterocycles. The van der Waals surface area contributed by atoms with Crippen LogP contribution in [0.1, 0.15) is 31.9 Å². The molecule has 1 aliphatic rings. The Morgan fingerprint density at radius 2 is 2.06 bits per heavy atom. The molecule has 1 N–H and O–H groups in total. The summed E-state index contributed by atoms with van der Waals surface area (Å²) in [5.41, 5.74) is 1.48. The number of rotatable bonds is 4. The summed E-state index contributed by atoms with van der Waals surface area (Å²) in [6.45, 7) is 9.26. The number of halogens is 1. The van der Waals surface area contributed by atoms with Crippen molar-refractivity contribution in [2.75, 3.05) is 26.2 Å². The second-order valence-electron chi connectivity index (χ2n) is 5.17. The maximum Gasteiger partial charge on any atom is 0.0375 e. The predicted octanol–water partition coefficient (Wildman–Crippen LogP) is 3.28. The summed E-state index contributed by atoms with van der Waals surface area (Å²) in [4.78, 5) is 2.65. The Bertz CT molecular complexity index is 375. The fraction of sp³-hybridized carbons (Fsp3) is 0.600. The molecule has 1 aromatic carbocycles. The Morgan fingerprint density at radius 1 is 1.33 bits per heavy atom. The molecule has 0 amide bonds. The lowest BCUT2D eigenvalue weighted by molar-refractivity contribution is 0.128. The van der Waals surface area contributed by atoms with Crippen molar-refractivity contribution in [3.63, 3.8) is 0 Å². The van der Waals surface area contributed by atoms with Crippen LogP contribution in [0.3, 0.4) is 0 Å². The van der Waals surface area contributed by atoms with Crippen molar-refractivity contribution in [2.24, 2.45) is 5.92 Å². The van der Waals surface area contributed by atoms with Crippen molar-refractivity contribution < 1.29 is 0 Å². The molecule has 2 rings (SSSR count). The van der Waals surface area contributed by atoms with Gasteiger partial charge in [0.2, 0.25) is 0 Å². The zero-order valence-electron chi connectivity index (χ0n) is 11.3. The SMILES string of the molecule is CCC(C)[C@H](c1cccc(I)c1)N1CCNCC1. The van der Waals surface area contributed by atoms with Gasteiger partial charge in [-0.25, -0.2) is 0 Å². The van der Waals surface area contributed by atoms with Gasteiger partial charge in [-0.2, -0.15) is 0 Å². The van der Waals surface area contributed by atoms with E-state index in [1.54, 1.807) is 0 Å². The summed E-state index contributed by atoms with van der Waals surface area (Å²) >= 11 is 2.41. The van der Waals surface area contributed by atoms with Crippen molar-refractivity contribution in [2.45, 2.75) is 26.3 Å². The minimum Gasteiger partial charge on any atom is -0.314 e. The van der Waals surface area contributed by atoms with Crippen LogP contribution >= 0.6 is 22.6 Å². The average Bonchev–Trinajstić information content (AvgIpc) is 2.40. The molecule has 1 unspecified atom stereocenters. The zero-order chi connectivity index (χ0) is 13.0. The lowest BCUT2D eigenvalue weighted by Gasteiger charge is -2.38. The van der Waals surface area contributed by atoms with Crippen LogP contribution in [0.5, 0.6) is 0 Å². The third-order valence-corrected chi connectivity index (χ3v) is 4.59. The number of nitrogens with zero attached hydrogens (tertiary/aromatic N) is 1. The van der Waals surface area contributed by atoms with Crippen LogP contribution in [-0.4, -0.2) is 31.1 Å². The fourth-order valence-electron chi connectivity index (χ4n) is 2.77. The van der Waals surface area contributed by atoms with Gasteiger partial charge in [0.1, 0.15) is 0 Å². The van der Waals surface area contributed by atoms with E-state index in [9.17, 15) is 0 Å². The number of nitrogens with one attached hydrogen (secondary N) is 1. The third-order valence-electron chi connectivity index (χ3n) is 3.92. The largest absolute Gasteiger partial charge is 0.314 e. The quantitative estimate of drug-likeness (QED) is 0.831. The molecule has 2 atom stereocenters. The van der Waals surface area contributed by atoms with E-state index in [0.29, 0.717) is 12.0 Å². The van der Waals surface area contributed by atoms with Gasteiger partial charge in [0.15, 0.2) is 0 Å². The molecule has 3 heteroatoms. The second-order valence-corrected chi connectivity index (χ2v) is 6.42. The monoisotopic (exact) mass is 358 g/mol. The van der Waals surface area contributed by atoms with E-state index in [0.717, 1.165) is 13.1 Å². The Labute approximate surface area is 124 Å². The maximum atomic E-state index is 3.45. The minimum atomic E-state index is 0.576. The molecule has 100 valence electrons. The Balaban J connectivity index is 2.23. The summed E-state index contributed by atoms with van der Waals surface area (Å²) < 4.78 is 1.34. The lowest BCUT2D eigenvalue weighted by Crippen LogP contribution is -2.46. The summed E-state index contributed by atoms with van der Waals surface area (Å²) in [5.74, 6) is 0.710. The highest BCUT2D eigenvalue weighted by Crippen LogP contribution is 2.31. The van der Waals surface area contributed by atoms with Crippen LogP contribution in [0.25, 0.3) is 0 Å². The molecule has 2 nitrogen and oxygen atoms in total. The van der Waals surface area contributed by atoms with Crippen molar-refractivity contribution in [3.05, 3.63) is 33.4 Å². The Kier molecular flexibility index (Phi) is 5.45. The van der Waals surface area contributed by atoms with E-state index in [1.165, 1.54) is 28.6 Å². The van der Waals surface area contributed by atoms with Gasteiger partial charge in [0.05, 0.1) is 0 Å². The van der Waals surface area contributed by atoms with Crippen LogP contribution in [0.2, 0.25) is 0 Å². The van der Waals surface area contributed by atoms with E-state index in [-0.39, 0.29) is 0 Å². The van der Waals surface area contributed by atoms with Gasteiger partial charge < -0.3 is 5.32 Å². The number of hydrogen-bond acceptors (Lipinski definition) is 2. The standard InChI is InChI=1S/C15H23IN2/c1-3-12(2)15(18-9-7-17-8-10-18)13-5-4-6-14(16)11-13/h4-6,11-12,15,17H,3,7-10H2,1-2H3/t12?,15-/m1/s1. The predicted molar refractivity (Wildman–Crippen MR) is 85.8 cm³/mol. The van der Waals surface area contributed by atoms with Crippen LogP contribution in [0.4, 0.5) is 0 Å². The van der Waals surface area contributed by atoms with Crippen molar-refractivity contribution in [1.29, 1.82) is 0 Å².